The summed E-state index contributed by atoms with van der Waals surface area (Å²) < 4.78 is 26.7. The van der Waals surface area contributed by atoms with Crippen molar-refractivity contribution in [3.05, 3.63) is 48.0 Å². The summed E-state index contributed by atoms with van der Waals surface area (Å²) >= 11 is 0. The van der Waals surface area contributed by atoms with Gasteiger partial charge in [0, 0.05) is 24.6 Å². The summed E-state index contributed by atoms with van der Waals surface area (Å²) in [7, 11) is 6.28. The van der Waals surface area contributed by atoms with Crippen LogP contribution in [0.1, 0.15) is 10.4 Å². The maximum absolute atomic E-state index is 13.0. The van der Waals surface area contributed by atoms with E-state index < -0.39 is 0 Å². The van der Waals surface area contributed by atoms with Gasteiger partial charge in [-0.3, -0.25) is 4.79 Å². The molecule has 1 amide bonds. The summed E-state index contributed by atoms with van der Waals surface area (Å²) in [6, 6.07) is 12.9. The maximum Gasteiger partial charge on any atom is 0.252 e. The highest BCUT2D eigenvalue weighted by Crippen LogP contribution is 2.41. The van der Waals surface area contributed by atoms with E-state index >= 15 is 0 Å². The van der Waals surface area contributed by atoms with Crippen molar-refractivity contribution in [2.75, 3.05) is 54.8 Å². The van der Waals surface area contributed by atoms with Crippen LogP contribution in [0.2, 0.25) is 0 Å². The van der Waals surface area contributed by atoms with Crippen molar-refractivity contribution < 1.29 is 28.5 Å². The second kappa shape index (κ2) is 11.3. The van der Waals surface area contributed by atoms with Crippen LogP contribution in [0, 0.1) is 0 Å². The van der Waals surface area contributed by atoms with Crippen LogP contribution in [0.15, 0.2) is 42.5 Å². The average molecular weight is 440 g/mol. The molecule has 3 rings (SSSR count). The number of hydrogen-bond acceptors (Lipinski definition) is 7. The lowest BCUT2D eigenvalue weighted by Gasteiger charge is -2.15. The number of carbonyl (C=O) groups excluding carboxylic acids is 1. The van der Waals surface area contributed by atoms with E-state index in [1.54, 1.807) is 34.5 Å². The van der Waals surface area contributed by atoms with Gasteiger partial charge in [-0.05, 0) is 24.3 Å². The van der Waals surface area contributed by atoms with E-state index in [9.17, 15) is 4.79 Å². The van der Waals surface area contributed by atoms with E-state index in [1.165, 1.54) is 0 Å². The Hall–Kier alpha value is -3.36. The molecule has 1 N–H and O–H groups in total. The summed E-state index contributed by atoms with van der Waals surface area (Å²) in [6.45, 7) is 1.79. The Morgan fingerprint density at radius 2 is 1.62 bits per heavy atom. The van der Waals surface area contributed by atoms with Gasteiger partial charge >= 0.3 is 0 Å². The predicted octanol–water partition coefficient (Wildman–Crippen LogP) is 3.32. The van der Waals surface area contributed by atoms with E-state index in [2.05, 4.69) is 5.32 Å². The molecule has 8 nitrogen and oxygen atoms in total. The van der Waals surface area contributed by atoms with Crippen molar-refractivity contribution in [2.24, 2.45) is 0 Å². The number of ether oxygens (including phenoxy) is 5. The van der Waals surface area contributed by atoms with Crippen LogP contribution in [-0.2, 0) is 9.47 Å². The number of carbonyl (C=O) groups is 1. The lowest BCUT2D eigenvalue weighted by molar-refractivity contribution is 0.0693. The number of amides is 1. The largest absolute Gasteiger partial charge is 0.493 e. The first-order valence-electron chi connectivity index (χ1n) is 10.2. The third kappa shape index (κ3) is 5.27. The first kappa shape index (κ1) is 23.3. The molecule has 170 valence electrons. The number of hydrogen-bond donors (Lipinski definition) is 1. The summed E-state index contributed by atoms with van der Waals surface area (Å²) in [5, 5.41) is 3.67. The molecule has 0 spiro atoms. The third-order valence-corrected chi connectivity index (χ3v) is 4.89. The van der Waals surface area contributed by atoms with Crippen molar-refractivity contribution in [3.63, 3.8) is 0 Å². The normalized spacial score (nSPS) is 10.8. The number of methoxy groups -OCH3 is 4. The highest BCUT2D eigenvalue weighted by molar-refractivity contribution is 6.07. The van der Waals surface area contributed by atoms with Crippen LogP contribution in [0.3, 0.4) is 0 Å². The van der Waals surface area contributed by atoms with Gasteiger partial charge in [0.25, 0.3) is 5.91 Å². The molecule has 0 atom stereocenters. The smallest absolute Gasteiger partial charge is 0.252 e. The fraction of sp³-hybridized carbons (Fsp3) is 0.333. The molecule has 0 radical (unpaired) electrons. The minimum absolute atomic E-state index is 0.201. The van der Waals surface area contributed by atoms with Crippen molar-refractivity contribution in [1.82, 2.24) is 10.3 Å². The highest BCUT2D eigenvalue weighted by Gasteiger charge is 2.18. The van der Waals surface area contributed by atoms with Crippen LogP contribution in [0.25, 0.3) is 22.2 Å². The van der Waals surface area contributed by atoms with Crippen LogP contribution in [0.5, 0.6) is 17.2 Å². The van der Waals surface area contributed by atoms with Gasteiger partial charge < -0.3 is 29.0 Å². The fourth-order valence-electron chi connectivity index (χ4n) is 3.32. The molecule has 0 aliphatic carbocycles. The van der Waals surface area contributed by atoms with Crippen molar-refractivity contribution in [2.45, 2.75) is 0 Å². The number of fused-ring (bicyclic) bond motifs is 1. The van der Waals surface area contributed by atoms with Gasteiger partial charge in [0.1, 0.15) is 0 Å². The number of rotatable bonds is 11. The first-order chi connectivity index (χ1) is 15.6. The van der Waals surface area contributed by atoms with E-state index in [1.807, 2.05) is 36.4 Å². The highest BCUT2D eigenvalue weighted by atomic mass is 16.5. The molecule has 1 aromatic heterocycles. The van der Waals surface area contributed by atoms with Crippen LogP contribution in [-0.4, -0.2) is 65.7 Å². The summed E-state index contributed by atoms with van der Waals surface area (Å²) in [5.74, 6) is 1.31. The van der Waals surface area contributed by atoms with E-state index in [-0.39, 0.29) is 5.91 Å². The van der Waals surface area contributed by atoms with Gasteiger partial charge in [-0.1, -0.05) is 18.2 Å². The molecular formula is C24H28N2O6. The quantitative estimate of drug-likeness (QED) is 0.458. The van der Waals surface area contributed by atoms with Gasteiger partial charge in [-0.25, -0.2) is 4.98 Å². The van der Waals surface area contributed by atoms with Crippen molar-refractivity contribution >= 4 is 16.8 Å². The average Bonchev–Trinajstić information content (AvgIpc) is 2.84. The van der Waals surface area contributed by atoms with Crippen LogP contribution < -0.4 is 19.5 Å². The molecule has 8 heteroatoms. The molecule has 0 unspecified atom stereocenters. The number of para-hydroxylation sites is 1. The molecule has 3 aromatic rings. The number of nitrogens with one attached hydrogen (secondary N) is 1. The van der Waals surface area contributed by atoms with Gasteiger partial charge in [-0.2, -0.15) is 0 Å². The lowest BCUT2D eigenvalue weighted by atomic mass is 10.0. The predicted molar refractivity (Wildman–Crippen MR) is 122 cm³/mol. The SMILES string of the molecule is COCCOCCNC(=O)c1cc(-c2cc(OC)c(OC)c(OC)c2)nc2ccccc12. The summed E-state index contributed by atoms with van der Waals surface area (Å²) in [5.41, 5.74) is 2.59. The standard InChI is InChI=1S/C24H28N2O6/c1-28-11-12-32-10-9-25-24(27)18-15-20(26-19-8-6-5-7-17(18)19)16-13-21(29-2)23(31-4)22(14-16)30-3/h5-8,13-15H,9-12H2,1-4H3,(H,25,27). The van der Waals surface area contributed by atoms with E-state index in [0.29, 0.717) is 60.4 Å². The maximum atomic E-state index is 13.0. The van der Waals surface area contributed by atoms with Gasteiger partial charge in [0.05, 0.1) is 57.9 Å². The second-order valence-electron chi connectivity index (χ2n) is 6.85. The Kier molecular flexibility index (Phi) is 8.24. The second-order valence-corrected chi connectivity index (χ2v) is 6.85. The Labute approximate surface area is 187 Å². The number of benzene rings is 2. The third-order valence-electron chi connectivity index (χ3n) is 4.89. The Morgan fingerprint density at radius 3 is 2.28 bits per heavy atom. The van der Waals surface area contributed by atoms with Gasteiger partial charge in [0.15, 0.2) is 11.5 Å². The Morgan fingerprint density at radius 1 is 0.906 bits per heavy atom. The fourth-order valence-corrected chi connectivity index (χ4v) is 3.32. The monoisotopic (exact) mass is 440 g/mol. The molecule has 1 heterocycles. The molecule has 0 aliphatic rings. The molecule has 0 saturated carbocycles. The van der Waals surface area contributed by atoms with Gasteiger partial charge in [0.2, 0.25) is 5.75 Å². The summed E-state index contributed by atoms with van der Waals surface area (Å²) in [6.07, 6.45) is 0. The molecule has 0 bridgehead atoms. The molecule has 0 saturated heterocycles. The molecule has 0 fully saturated rings. The first-order valence-corrected chi connectivity index (χ1v) is 10.2. The lowest BCUT2D eigenvalue weighted by Crippen LogP contribution is -2.28. The zero-order valence-electron chi connectivity index (χ0n) is 18.8. The minimum atomic E-state index is -0.201. The number of aromatic nitrogens is 1. The van der Waals surface area contributed by atoms with Gasteiger partial charge in [-0.15, -0.1) is 0 Å². The topological polar surface area (TPSA) is 88.1 Å². The molecule has 32 heavy (non-hydrogen) atoms. The van der Waals surface area contributed by atoms with Crippen molar-refractivity contribution in [1.29, 1.82) is 0 Å². The van der Waals surface area contributed by atoms with E-state index in [4.69, 9.17) is 28.7 Å². The summed E-state index contributed by atoms with van der Waals surface area (Å²) in [4.78, 5) is 17.7. The Balaban J connectivity index is 1.96. The van der Waals surface area contributed by atoms with Crippen LogP contribution >= 0.6 is 0 Å². The molecule has 2 aromatic carbocycles. The van der Waals surface area contributed by atoms with E-state index in [0.717, 1.165) is 10.9 Å². The number of nitrogens with zero attached hydrogens (tertiary/aromatic N) is 1. The zero-order valence-corrected chi connectivity index (χ0v) is 18.8. The van der Waals surface area contributed by atoms with Crippen LogP contribution in [0.4, 0.5) is 0 Å². The zero-order chi connectivity index (χ0) is 22.9. The molecular weight excluding hydrogens is 412 g/mol. The van der Waals surface area contributed by atoms with Crippen molar-refractivity contribution in [3.8, 4) is 28.5 Å². The molecule has 0 aliphatic heterocycles. The minimum Gasteiger partial charge on any atom is -0.493 e. The number of pyridine rings is 1. The Bertz CT molecular complexity index is 1040.